The van der Waals surface area contributed by atoms with E-state index in [-0.39, 0.29) is 12.4 Å². The zero-order valence-corrected chi connectivity index (χ0v) is 10.7. The average molecular weight is 255 g/mol. The van der Waals surface area contributed by atoms with Gasteiger partial charge in [0.25, 0.3) is 0 Å². The second-order valence-corrected chi connectivity index (χ2v) is 3.71. The summed E-state index contributed by atoms with van der Waals surface area (Å²) >= 11 is 6.04. The van der Waals surface area contributed by atoms with Gasteiger partial charge in [-0.3, -0.25) is 4.79 Å². The summed E-state index contributed by atoms with van der Waals surface area (Å²) in [6.45, 7) is 2.18. The second kappa shape index (κ2) is 6.97. The molecule has 0 aliphatic carbocycles. The van der Waals surface area contributed by atoms with Crippen LogP contribution < -0.4 is 4.74 Å². The number of esters is 1. The minimum Gasteiger partial charge on any atom is -0.497 e. The molecule has 0 N–H and O–H groups in total. The molecule has 3 nitrogen and oxygen atoms in total. The molecule has 0 saturated heterocycles. The first kappa shape index (κ1) is 13.6. The highest BCUT2D eigenvalue weighted by molar-refractivity contribution is 6.32. The second-order valence-electron chi connectivity index (χ2n) is 3.30. The molecule has 1 aromatic carbocycles. The Morgan fingerprint density at radius 1 is 1.47 bits per heavy atom. The minimum atomic E-state index is -0.242. The molecular weight excluding hydrogens is 240 g/mol. The van der Waals surface area contributed by atoms with E-state index in [0.717, 1.165) is 5.56 Å². The topological polar surface area (TPSA) is 35.5 Å². The van der Waals surface area contributed by atoms with E-state index in [9.17, 15) is 4.79 Å². The first-order valence-corrected chi connectivity index (χ1v) is 5.71. The number of rotatable bonds is 5. The molecule has 0 fully saturated rings. The zero-order valence-electron chi connectivity index (χ0n) is 9.90. The van der Waals surface area contributed by atoms with Crippen LogP contribution in [0.4, 0.5) is 0 Å². The molecule has 0 saturated carbocycles. The van der Waals surface area contributed by atoms with E-state index in [2.05, 4.69) is 0 Å². The van der Waals surface area contributed by atoms with Crippen LogP contribution in [-0.2, 0) is 9.53 Å². The lowest BCUT2D eigenvalue weighted by atomic mass is 10.2. The number of methoxy groups -OCH3 is 1. The van der Waals surface area contributed by atoms with Gasteiger partial charge in [-0.1, -0.05) is 23.8 Å². The van der Waals surface area contributed by atoms with Gasteiger partial charge in [-0.2, -0.15) is 0 Å². The van der Waals surface area contributed by atoms with E-state index in [1.165, 1.54) is 0 Å². The van der Waals surface area contributed by atoms with Crippen molar-refractivity contribution in [3.8, 4) is 5.75 Å². The van der Waals surface area contributed by atoms with Crippen molar-refractivity contribution in [2.75, 3.05) is 13.7 Å². The number of carbonyl (C=O) groups is 1. The Labute approximate surface area is 106 Å². The minimum absolute atomic E-state index is 0.242. The maximum absolute atomic E-state index is 11.1. The molecule has 0 radical (unpaired) electrons. The normalized spacial score (nSPS) is 10.5. The largest absolute Gasteiger partial charge is 0.497 e. The van der Waals surface area contributed by atoms with Gasteiger partial charge in [-0.15, -0.1) is 0 Å². The molecule has 0 aliphatic rings. The van der Waals surface area contributed by atoms with Crippen LogP contribution >= 0.6 is 11.6 Å². The van der Waals surface area contributed by atoms with Crippen LogP contribution in [0.15, 0.2) is 24.3 Å². The molecule has 0 aromatic heterocycles. The molecule has 0 bridgehead atoms. The van der Waals surface area contributed by atoms with Gasteiger partial charge >= 0.3 is 5.97 Å². The summed E-state index contributed by atoms with van der Waals surface area (Å²) < 4.78 is 9.85. The van der Waals surface area contributed by atoms with Crippen LogP contribution in [0.2, 0.25) is 5.02 Å². The van der Waals surface area contributed by atoms with Crippen LogP contribution in [0, 0.1) is 0 Å². The SMILES string of the molecule is CCOC(=O)CC=Cc1ccc(OC)cc1Cl. The van der Waals surface area contributed by atoms with E-state index in [1.807, 2.05) is 12.1 Å². The van der Waals surface area contributed by atoms with Gasteiger partial charge in [0, 0.05) is 0 Å². The molecule has 0 atom stereocenters. The Bertz CT molecular complexity index is 413. The molecule has 92 valence electrons. The van der Waals surface area contributed by atoms with Crippen molar-refractivity contribution in [2.45, 2.75) is 13.3 Å². The van der Waals surface area contributed by atoms with E-state index in [1.54, 1.807) is 32.3 Å². The standard InChI is InChI=1S/C13H15ClO3/c1-3-17-13(15)6-4-5-10-7-8-11(16-2)9-12(10)14/h4-5,7-9H,3,6H2,1-2H3. The Morgan fingerprint density at radius 3 is 2.82 bits per heavy atom. The Morgan fingerprint density at radius 2 is 2.24 bits per heavy atom. The summed E-state index contributed by atoms with van der Waals surface area (Å²) in [7, 11) is 1.59. The lowest BCUT2D eigenvalue weighted by Crippen LogP contribution is -2.01. The van der Waals surface area contributed by atoms with Crippen molar-refractivity contribution < 1.29 is 14.3 Å². The Balaban J connectivity index is 2.62. The van der Waals surface area contributed by atoms with Gasteiger partial charge in [-0.25, -0.2) is 0 Å². The molecule has 17 heavy (non-hydrogen) atoms. The molecule has 0 spiro atoms. The van der Waals surface area contributed by atoms with Crippen molar-refractivity contribution in [2.24, 2.45) is 0 Å². The van der Waals surface area contributed by atoms with Crippen LogP contribution in [0.5, 0.6) is 5.75 Å². The third-order valence-corrected chi connectivity index (χ3v) is 2.42. The number of carbonyl (C=O) groups excluding carboxylic acids is 1. The van der Waals surface area contributed by atoms with Crippen molar-refractivity contribution >= 4 is 23.6 Å². The quantitative estimate of drug-likeness (QED) is 0.757. The third kappa shape index (κ3) is 4.49. The first-order valence-electron chi connectivity index (χ1n) is 5.33. The van der Waals surface area contributed by atoms with Gasteiger partial charge < -0.3 is 9.47 Å². The van der Waals surface area contributed by atoms with Crippen LogP contribution in [0.3, 0.4) is 0 Å². The fourth-order valence-corrected chi connectivity index (χ4v) is 1.51. The maximum Gasteiger partial charge on any atom is 0.309 e. The molecule has 0 amide bonds. The molecule has 1 aromatic rings. The number of hydrogen-bond donors (Lipinski definition) is 0. The van der Waals surface area contributed by atoms with Gasteiger partial charge in [-0.05, 0) is 30.7 Å². The summed E-state index contributed by atoms with van der Waals surface area (Å²) in [5, 5.41) is 0.587. The van der Waals surface area contributed by atoms with Gasteiger partial charge in [0.15, 0.2) is 0 Å². The number of halogens is 1. The van der Waals surface area contributed by atoms with Crippen LogP contribution in [0.1, 0.15) is 18.9 Å². The number of ether oxygens (including phenoxy) is 2. The van der Waals surface area contributed by atoms with Crippen molar-refractivity contribution in [1.82, 2.24) is 0 Å². The molecule has 4 heteroatoms. The van der Waals surface area contributed by atoms with E-state index in [0.29, 0.717) is 17.4 Å². The fourth-order valence-electron chi connectivity index (χ4n) is 1.27. The first-order chi connectivity index (χ1) is 8.17. The van der Waals surface area contributed by atoms with E-state index >= 15 is 0 Å². The van der Waals surface area contributed by atoms with Crippen molar-refractivity contribution in [1.29, 1.82) is 0 Å². The average Bonchev–Trinajstić information content (AvgIpc) is 2.31. The highest BCUT2D eigenvalue weighted by atomic mass is 35.5. The highest BCUT2D eigenvalue weighted by Gasteiger charge is 2.00. The zero-order chi connectivity index (χ0) is 12.7. The monoisotopic (exact) mass is 254 g/mol. The van der Waals surface area contributed by atoms with Crippen molar-refractivity contribution in [3.05, 3.63) is 34.9 Å². The Hall–Kier alpha value is -1.48. The molecule has 1 rings (SSSR count). The molecule has 0 aliphatic heterocycles. The third-order valence-electron chi connectivity index (χ3n) is 2.09. The van der Waals surface area contributed by atoms with Crippen LogP contribution in [0.25, 0.3) is 6.08 Å². The van der Waals surface area contributed by atoms with Gasteiger partial charge in [0.2, 0.25) is 0 Å². The maximum atomic E-state index is 11.1. The highest BCUT2D eigenvalue weighted by Crippen LogP contribution is 2.23. The van der Waals surface area contributed by atoms with Gasteiger partial charge in [0.05, 0.1) is 25.2 Å². The predicted octanol–water partition coefficient (Wildman–Crippen LogP) is 3.32. The molecule has 0 unspecified atom stereocenters. The summed E-state index contributed by atoms with van der Waals surface area (Å²) in [6, 6.07) is 5.38. The smallest absolute Gasteiger partial charge is 0.309 e. The lowest BCUT2D eigenvalue weighted by molar-refractivity contribution is -0.142. The molecule has 0 heterocycles. The fraction of sp³-hybridized carbons (Fsp3) is 0.308. The van der Waals surface area contributed by atoms with E-state index in [4.69, 9.17) is 21.1 Å². The van der Waals surface area contributed by atoms with Gasteiger partial charge in [0.1, 0.15) is 5.75 Å². The summed E-state index contributed by atoms with van der Waals surface area (Å²) in [6.07, 6.45) is 3.76. The molecular formula is C13H15ClO3. The number of hydrogen-bond acceptors (Lipinski definition) is 3. The summed E-state index contributed by atoms with van der Waals surface area (Å²) in [5.41, 5.74) is 0.844. The Kier molecular flexibility index (Phi) is 5.57. The predicted molar refractivity (Wildman–Crippen MR) is 68.3 cm³/mol. The lowest BCUT2D eigenvalue weighted by Gasteiger charge is -2.02. The van der Waals surface area contributed by atoms with Crippen LogP contribution in [-0.4, -0.2) is 19.7 Å². The summed E-state index contributed by atoms with van der Waals surface area (Å²) in [5.74, 6) is 0.464. The number of benzene rings is 1. The van der Waals surface area contributed by atoms with Crippen molar-refractivity contribution in [3.63, 3.8) is 0 Å². The summed E-state index contributed by atoms with van der Waals surface area (Å²) in [4.78, 5) is 11.1. The van der Waals surface area contributed by atoms with E-state index < -0.39 is 0 Å².